The van der Waals surface area contributed by atoms with Crippen molar-refractivity contribution in [2.24, 2.45) is 11.8 Å². The minimum absolute atomic E-state index is 0.0866. The molecule has 2 atom stereocenters. The van der Waals surface area contributed by atoms with E-state index in [4.69, 9.17) is 5.11 Å². The number of hydrogen-bond donors (Lipinski definition) is 4. The van der Waals surface area contributed by atoms with E-state index in [1.807, 2.05) is 4.90 Å². The number of carboxylic acids is 1. The smallest absolute Gasteiger partial charge is 0.304 e. The van der Waals surface area contributed by atoms with Gasteiger partial charge in [0.15, 0.2) is 0 Å². The Balaban J connectivity index is 1.71. The van der Waals surface area contributed by atoms with Crippen LogP contribution in [0.1, 0.15) is 38.5 Å². The summed E-state index contributed by atoms with van der Waals surface area (Å²) in [5.41, 5.74) is 2.58. The lowest BCUT2D eigenvalue weighted by molar-refractivity contribution is -0.898. The first-order chi connectivity index (χ1) is 11.6. The van der Waals surface area contributed by atoms with Gasteiger partial charge in [-0.15, -0.1) is 0 Å². The number of carboxylic acid groups (broad SMARTS) is 1. The molecule has 8 nitrogen and oxygen atoms in total. The van der Waals surface area contributed by atoms with E-state index in [2.05, 4.69) is 10.7 Å². The van der Waals surface area contributed by atoms with E-state index in [0.717, 1.165) is 45.4 Å². The van der Waals surface area contributed by atoms with Crippen molar-refractivity contribution in [1.82, 2.24) is 15.6 Å². The van der Waals surface area contributed by atoms with E-state index < -0.39 is 5.97 Å². The number of carbonyl (C=O) groups excluding carboxylic acids is 1. The van der Waals surface area contributed by atoms with Crippen LogP contribution in [0.2, 0.25) is 0 Å². The molecule has 0 aromatic heterocycles. The van der Waals surface area contributed by atoms with Gasteiger partial charge in [-0.25, -0.2) is 0 Å². The van der Waals surface area contributed by atoms with Crippen LogP contribution in [0.25, 0.3) is 0 Å². The van der Waals surface area contributed by atoms with Gasteiger partial charge in [0, 0.05) is 13.1 Å². The van der Waals surface area contributed by atoms with Crippen molar-refractivity contribution in [2.75, 3.05) is 39.3 Å². The van der Waals surface area contributed by atoms with Crippen molar-refractivity contribution in [2.45, 2.75) is 38.5 Å². The molecule has 2 saturated heterocycles. The van der Waals surface area contributed by atoms with Gasteiger partial charge in [-0.3, -0.25) is 14.8 Å². The number of nitrogens with one attached hydrogen (secondary N) is 3. The lowest BCUT2D eigenvalue weighted by atomic mass is 9.92. The molecule has 0 spiro atoms. The fourth-order valence-electron chi connectivity index (χ4n) is 3.55. The Bertz CT molecular complexity index is 415. The molecule has 0 aromatic rings. The number of aliphatic carboxylic acids is 1. The third kappa shape index (κ3) is 6.35. The molecule has 4 N–H and O–H groups in total. The summed E-state index contributed by atoms with van der Waals surface area (Å²) in [5, 5.41) is 23.6. The third-order valence-electron chi connectivity index (χ3n) is 5.00. The molecule has 2 heterocycles. The van der Waals surface area contributed by atoms with Crippen LogP contribution in [-0.2, 0) is 9.59 Å². The summed E-state index contributed by atoms with van der Waals surface area (Å²) in [6.45, 7) is 4.01. The van der Waals surface area contributed by atoms with Crippen LogP contribution in [0, 0.1) is 17.0 Å². The van der Waals surface area contributed by atoms with Crippen molar-refractivity contribution in [3.63, 3.8) is 0 Å². The molecule has 2 fully saturated rings. The number of likely N-dealkylation sites (tertiary alicyclic amines) is 1. The van der Waals surface area contributed by atoms with Gasteiger partial charge in [0.2, 0.25) is 5.91 Å². The predicted molar refractivity (Wildman–Crippen MR) is 89.0 cm³/mol. The molecule has 24 heavy (non-hydrogen) atoms. The normalized spacial score (nSPS) is 24.1. The SMILES string of the molecule is O=C(O)CCN[NH+]([O-])CC1CCCN(CCC2CCNCC2)C1=O. The lowest BCUT2D eigenvalue weighted by Crippen LogP contribution is -3.15. The standard InChI is InChI=1S/C16H30N4O4/c21-15(22)5-9-18-20(24)12-14-2-1-10-19(16(14)23)11-6-13-3-7-17-8-4-13/h13-14,17-18,20H,1-12H2,(H,21,22). The number of nitrogens with zero attached hydrogens (tertiary/aromatic N) is 1. The highest BCUT2D eigenvalue weighted by Crippen LogP contribution is 2.21. The molecular formula is C16H30N4O4. The quantitative estimate of drug-likeness (QED) is 0.399. The maximum atomic E-state index is 12.6. The van der Waals surface area contributed by atoms with Crippen LogP contribution < -0.4 is 15.9 Å². The maximum absolute atomic E-state index is 12.6. The molecule has 8 heteroatoms. The van der Waals surface area contributed by atoms with Gasteiger partial charge in [-0.1, -0.05) is 0 Å². The molecule has 0 radical (unpaired) electrons. The van der Waals surface area contributed by atoms with Gasteiger partial charge >= 0.3 is 5.97 Å². The Labute approximate surface area is 143 Å². The van der Waals surface area contributed by atoms with Gasteiger partial charge in [0.1, 0.15) is 6.54 Å². The van der Waals surface area contributed by atoms with Crippen LogP contribution >= 0.6 is 0 Å². The molecule has 0 aromatic carbocycles. The maximum Gasteiger partial charge on any atom is 0.304 e. The van der Waals surface area contributed by atoms with Crippen LogP contribution in [0.4, 0.5) is 0 Å². The average Bonchev–Trinajstić information content (AvgIpc) is 2.56. The Morgan fingerprint density at radius 3 is 2.83 bits per heavy atom. The molecule has 2 aliphatic rings. The number of carbonyl (C=O) groups is 2. The fraction of sp³-hybridized carbons (Fsp3) is 0.875. The summed E-state index contributed by atoms with van der Waals surface area (Å²) in [4.78, 5) is 24.9. The minimum Gasteiger partial charge on any atom is -0.613 e. The number of hydrogen-bond acceptors (Lipinski definition) is 5. The number of piperidine rings is 2. The Hall–Kier alpha value is -1.22. The fourth-order valence-corrected chi connectivity index (χ4v) is 3.55. The summed E-state index contributed by atoms with van der Waals surface area (Å²) in [5.74, 6) is -0.410. The van der Waals surface area contributed by atoms with Gasteiger partial charge in [-0.05, 0) is 51.1 Å². The first-order valence-corrected chi connectivity index (χ1v) is 9.04. The summed E-state index contributed by atoms with van der Waals surface area (Å²) < 4.78 is 0. The van der Waals surface area contributed by atoms with E-state index in [-0.39, 0.29) is 36.5 Å². The van der Waals surface area contributed by atoms with Gasteiger partial charge in [0.25, 0.3) is 0 Å². The molecule has 2 rings (SSSR count). The summed E-state index contributed by atoms with van der Waals surface area (Å²) in [7, 11) is 0. The highest BCUT2D eigenvalue weighted by molar-refractivity contribution is 5.79. The molecule has 2 unspecified atom stereocenters. The van der Waals surface area contributed by atoms with Gasteiger partial charge in [-0.2, -0.15) is 5.43 Å². The number of quaternary nitrogens is 1. The molecule has 1 amide bonds. The lowest BCUT2D eigenvalue weighted by Gasteiger charge is -2.35. The first-order valence-electron chi connectivity index (χ1n) is 9.04. The van der Waals surface area contributed by atoms with Crippen molar-refractivity contribution < 1.29 is 19.9 Å². The molecule has 2 aliphatic heterocycles. The number of hydroxylamine groups is 1. The molecule has 0 bridgehead atoms. The van der Waals surface area contributed by atoms with E-state index in [1.165, 1.54) is 12.8 Å². The molecule has 138 valence electrons. The highest BCUT2D eigenvalue weighted by Gasteiger charge is 2.31. The van der Waals surface area contributed by atoms with E-state index in [0.29, 0.717) is 5.92 Å². The Morgan fingerprint density at radius 1 is 1.38 bits per heavy atom. The van der Waals surface area contributed by atoms with Crippen molar-refractivity contribution in [1.29, 1.82) is 0 Å². The number of amides is 1. The summed E-state index contributed by atoms with van der Waals surface area (Å²) >= 11 is 0. The van der Waals surface area contributed by atoms with E-state index in [1.54, 1.807) is 0 Å². The van der Waals surface area contributed by atoms with Crippen LogP contribution in [0.3, 0.4) is 0 Å². The topological polar surface area (TPSA) is 109 Å². The number of rotatable bonds is 9. The van der Waals surface area contributed by atoms with Crippen molar-refractivity contribution in [3.05, 3.63) is 5.21 Å². The second kappa shape index (κ2) is 9.93. The molecule has 0 saturated carbocycles. The highest BCUT2D eigenvalue weighted by atomic mass is 16.5. The Kier molecular flexibility index (Phi) is 7.90. The van der Waals surface area contributed by atoms with E-state index in [9.17, 15) is 14.8 Å². The van der Waals surface area contributed by atoms with E-state index >= 15 is 0 Å². The van der Waals surface area contributed by atoms with Crippen LogP contribution in [-0.4, -0.2) is 61.2 Å². The zero-order chi connectivity index (χ0) is 17.4. The largest absolute Gasteiger partial charge is 0.613 e. The third-order valence-corrected chi connectivity index (χ3v) is 5.00. The first kappa shape index (κ1) is 19.1. The Morgan fingerprint density at radius 2 is 2.12 bits per heavy atom. The molecular weight excluding hydrogens is 312 g/mol. The summed E-state index contributed by atoms with van der Waals surface area (Å²) in [6, 6.07) is 0. The van der Waals surface area contributed by atoms with Crippen molar-refractivity contribution >= 4 is 11.9 Å². The monoisotopic (exact) mass is 342 g/mol. The minimum atomic E-state index is -0.937. The summed E-state index contributed by atoms with van der Waals surface area (Å²) in [6.07, 6.45) is 4.99. The van der Waals surface area contributed by atoms with Crippen LogP contribution in [0.15, 0.2) is 0 Å². The zero-order valence-corrected chi connectivity index (χ0v) is 14.3. The zero-order valence-electron chi connectivity index (χ0n) is 14.3. The molecule has 0 aliphatic carbocycles. The second-order valence-corrected chi connectivity index (χ2v) is 6.84. The second-order valence-electron chi connectivity index (χ2n) is 6.84. The van der Waals surface area contributed by atoms with Crippen molar-refractivity contribution in [3.8, 4) is 0 Å². The average molecular weight is 342 g/mol. The van der Waals surface area contributed by atoms with Crippen LogP contribution in [0.5, 0.6) is 0 Å². The van der Waals surface area contributed by atoms with Gasteiger partial charge in [0.05, 0.1) is 18.9 Å². The predicted octanol–water partition coefficient (Wildman–Crippen LogP) is -1.02. The van der Waals surface area contributed by atoms with Gasteiger partial charge < -0.3 is 20.5 Å².